The predicted molar refractivity (Wildman–Crippen MR) is 108 cm³/mol. The minimum atomic E-state index is -0.882. The van der Waals surface area contributed by atoms with Crippen LogP contribution in [0.5, 0.6) is 0 Å². The number of rotatable bonds is 13. The summed E-state index contributed by atoms with van der Waals surface area (Å²) in [6.45, 7) is 7.58. The van der Waals surface area contributed by atoms with E-state index in [1.807, 2.05) is 32.9 Å². The molecular formula is C22H34O5. The van der Waals surface area contributed by atoms with Gasteiger partial charge in [-0.2, -0.15) is 0 Å². The average Bonchev–Trinajstić information content (AvgIpc) is 2.57. The summed E-state index contributed by atoms with van der Waals surface area (Å²) >= 11 is 0. The molecule has 152 valence electrons. The fourth-order valence-corrected chi connectivity index (χ4v) is 2.43. The highest BCUT2D eigenvalue weighted by molar-refractivity contribution is 5.86. The maximum Gasteiger partial charge on any atom is 0.331 e. The number of carbonyl (C=O) groups excluding carboxylic acids is 1. The lowest BCUT2D eigenvalue weighted by atomic mass is 10.0. The molecular weight excluding hydrogens is 344 g/mol. The molecule has 0 fully saturated rings. The maximum atomic E-state index is 11.4. The second kappa shape index (κ2) is 15.0. The summed E-state index contributed by atoms with van der Waals surface area (Å²) in [7, 11) is 0. The van der Waals surface area contributed by atoms with Crippen molar-refractivity contribution in [1.82, 2.24) is 0 Å². The molecule has 0 aliphatic carbocycles. The number of carboxylic acids is 1. The molecule has 0 heterocycles. The van der Waals surface area contributed by atoms with E-state index in [9.17, 15) is 14.7 Å². The summed E-state index contributed by atoms with van der Waals surface area (Å²) in [6, 6.07) is 0. The summed E-state index contributed by atoms with van der Waals surface area (Å²) in [5.74, 6) is -1.21. The highest BCUT2D eigenvalue weighted by Gasteiger charge is 2.07. The Morgan fingerprint density at radius 2 is 1.48 bits per heavy atom. The van der Waals surface area contributed by atoms with Gasteiger partial charge in [0.2, 0.25) is 0 Å². The summed E-state index contributed by atoms with van der Waals surface area (Å²) in [6.07, 6.45) is 11.7. The fourth-order valence-electron chi connectivity index (χ4n) is 2.43. The predicted octanol–water partition coefficient (Wildman–Crippen LogP) is 4.73. The third-order valence-corrected chi connectivity index (χ3v) is 3.97. The lowest BCUT2D eigenvalue weighted by molar-refractivity contribution is -0.140. The normalized spacial score (nSPS) is 12.7. The summed E-state index contributed by atoms with van der Waals surface area (Å²) in [5.41, 5.74) is 3.68. The summed E-state index contributed by atoms with van der Waals surface area (Å²) in [5, 5.41) is 18.2. The van der Waals surface area contributed by atoms with Crippen molar-refractivity contribution in [3.05, 3.63) is 46.6 Å². The van der Waals surface area contributed by atoms with Gasteiger partial charge < -0.3 is 14.9 Å². The minimum absolute atomic E-state index is 0.0331. The van der Waals surface area contributed by atoms with Crippen molar-refractivity contribution >= 4 is 11.9 Å². The van der Waals surface area contributed by atoms with Crippen LogP contribution >= 0.6 is 0 Å². The summed E-state index contributed by atoms with van der Waals surface area (Å²) < 4.78 is 5.10. The molecule has 0 saturated carbocycles. The van der Waals surface area contributed by atoms with Crippen LogP contribution in [0, 0.1) is 0 Å². The Hall–Kier alpha value is -2.14. The zero-order valence-corrected chi connectivity index (χ0v) is 17.1. The maximum absolute atomic E-state index is 11.4. The van der Waals surface area contributed by atoms with Crippen LogP contribution in [0.25, 0.3) is 0 Å². The summed E-state index contributed by atoms with van der Waals surface area (Å²) in [4.78, 5) is 22.5. The first-order valence-corrected chi connectivity index (χ1v) is 9.39. The molecule has 2 N–H and O–H groups in total. The van der Waals surface area contributed by atoms with Crippen molar-refractivity contribution in [3.8, 4) is 0 Å². The molecule has 0 atom stereocenters. The number of allylic oxidation sites excluding steroid dienone is 5. The van der Waals surface area contributed by atoms with Crippen molar-refractivity contribution in [3.63, 3.8) is 0 Å². The van der Waals surface area contributed by atoms with Crippen LogP contribution in [-0.2, 0) is 14.3 Å². The van der Waals surface area contributed by atoms with Crippen molar-refractivity contribution in [2.24, 2.45) is 0 Å². The first-order valence-electron chi connectivity index (χ1n) is 9.39. The van der Waals surface area contributed by atoms with Gasteiger partial charge in [-0.3, -0.25) is 4.79 Å². The van der Waals surface area contributed by atoms with E-state index in [0.29, 0.717) is 31.3 Å². The van der Waals surface area contributed by atoms with Gasteiger partial charge in [-0.25, -0.2) is 4.79 Å². The molecule has 0 spiro atoms. The van der Waals surface area contributed by atoms with E-state index in [1.165, 1.54) is 12.5 Å². The lowest BCUT2D eigenvalue weighted by Crippen LogP contribution is -2.04. The Morgan fingerprint density at radius 1 is 0.852 bits per heavy atom. The fraction of sp³-hybridized carbons (Fsp3) is 0.545. The van der Waals surface area contributed by atoms with Crippen LogP contribution in [0.4, 0.5) is 0 Å². The second-order valence-corrected chi connectivity index (χ2v) is 6.81. The third-order valence-electron chi connectivity index (χ3n) is 3.97. The lowest BCUT2D eigenvalue weighted by Gasteiger charge is -2.08. The Morgan fingerprint density at radius 3 is 2.04 bits per heavy atom. The van der Waals surface area contributed by atoms with Crippen molar-refractivity contribution in [1.29, 1.82) is 0 Å². The van der Waals surface area contributed by atoms with Gasteiger partial charge in [0.15, 0.2) is 0 Å². The average molecular weight is 379 g/mol. The molecule has 0 bridgehead atoms. The third kappa shape index (κ3) is 14.7. The molecule has 5 heteroatoms. The minimum Gasteiger partial charge on any atom is -0.478 e. The molecule has 0 aliphatic rings. The van der Waals surface area contributed by atoms with Gasteiger partial charge in [0.25, 0.3) is 0 Å². The van der Waals surface area contributed by atoms with Crippen molar-refractivity contribution in [2.45, 2.75) is 66.2 Å². The van der Waals surface area contributed by atoms with E-state index in [1.54, 1.807) is 12.2 Å². The molecule has 0 aromatic heterocycles. The van der Waals surface area contributed by atoms with Gasteiger partial charge in [0.1, 0.15) is 6.61 Å². The number of carbonyl (C=O) groups is 2. The molecule has 0 aliphatic heterocycles. The van der Waals surface area contributed by atoms with E-state index in [2.05, 4.69) is 0 Å². The largest absolute Gasteiger partial charge is 0.478 e. The van der Waals surface area contributed by atoms with Crippen molar-refractivity contribution < 1.29 is 24.5 Å². The zero-order chi connectivity index (χ0) is 20.7. The highest BCUT2D eigenvalue weighted by atomic mass is 16.5. The molecule has 0 unspecified atom stereocenters. The molecule has 27 heavy (non-hydrogen) atoms. The SMILES string of the molecule is CC(=O)OC/C(=C\CC/C(C)=C\CO)CC/C=C(/CCC=C(C)C)C(=O)O. The zero-order valence-electron chi connectivity index (χ0n) is 17.1. The molecule has 5 nitrogen and oxygen atoms in total. The monoisotopic (exact) mass is 378 g/mol. The molecule has 0 saturated heterocycles. The Bertz CT molecular complexity index is 590. The van der Waals surface area contributed by atoms with Crippen LogP contribution in [0.1, 0.15) is 66.2 Å². The highest BCUT2D eigenvalue weighted by Crippen LogP contribution is 2.15. The molecule has 0 rings (SSSR count). The number of aliphatic hydroxyl groups is 1. The number of esters is 1. The van der Waals surface area contributed by atoms with E-state index in [4.69, 9.17) is 9.84 Å². The van der Waals surface area contributed by atoms with Gasteiger partial charge >= 0.3 is 11.9 Å². The van der Waals surface area contributed by atoms with E-state index < -0.39 is 5.97 Å². The van der Waals surface area contributed by atoms with Crippen LogP contribution in [-0.4, -0.2) is 35.4 Å². The van der Waals surface area contributed by atoms with E-state index >= 15 is 0 Å². The number of hydrogen-bond donors (Lipinski definition) is 2. The Labute approximate surface area is 163 Å². The Balaban J connectivity index is 4.82. The number of ether oxygens (including phenoxy) is 1. The van der Waals surface area contributed by atoms with Gasteiger partial charge in [-0.15, -0.1) is 0 Å². The van der Waals surface area contributed by atoms with Crippen LogP contribution in [0.2, 0.25) is 0 Å². The van der Waals surface area contributed by atoms with Crippen LogP contribution < -0.4 is 0 Å². The molecule has 0 aromatic carbocycles. The molecule has 0 aromatic rings. The number of aliphatic hydroxyl groups excluding tert-OH is 1. The van der Waals surface area contributed by atoms with E-state index in [-0.39, 0.29) is 19.2 Å². The molecule has 0 radical (unpaired) electrons. The standard InChI is InChI=1S/C22H34O5/c1-17(2)8-5-12-21(22(25)26)13-7-11-20(16-27-19(4)24)10-6-9-18(3)14-15-23/h8,10,13-14,23H,5-7,9,11-12,15-16H2,1-4H3,(H,25,26)/b18-14-,20-10-,21-13-. The van der Waals surface area contributed by atoms with Crippen LogP contribution in [0.15, 0.2) is 46.6 Å². The first-order chi connectivity index (χ1) is 12.8. The number of carboxylic acid groups (broad SMARTS) is 1. The Kier molecular flexibility index (Phi) is 13.8. The van der Waals surface area contributed by atoms with Gasteiger partial charge in [-0.05, 0) is 64.9 Å². The molecule has 0 amide bonds. The van der Waals surface area contributed by atoms with Crippen LogP contribution in [0.3, 0.4) is 0 Å². The number of aliphatic carboxylic acids is 1. The first kappa shape index (κ1) is 24.9. The van der Waals surface area contributed by atoms with Gasteiger partial charge in [0, 0.05) is 12.5 Å². The smallest absolute Gasteiger partial charge is 0.331 e. The second-order valence-electron chi connectivity index (χ2n) is 6.81. The van der Waals surface area contributed by atoms with E-state index in [0.717, 1.165) is 24.0 Å². The van der Waals surface area contributed by atoms with Gasteiger partial charge in [0.05, 0.1) is 6.61 Å². The quantitative estimate of drug-likeness (QED) is 0.275. The van der Waals surface area contributed by atoms with Gasteiger partial charge in [-0.1, -0.05) is 35.5 Å². The van der Waals surface area contributed by atoms with Crippen molar-refractivity contribution in [2.75, 3.05) is 13.2 Å². The topological polar surface area (TPSA) is 83.8 Å². The number of hydrogen-bond acceptors (Lipinski definition) is 4.